The summed E-state index contributed by atoms with van der Waals surface area (Å²) in [5.41, 5.74) is 5.04. The molecule has 0 saturated heterocycles. The molecule has 1 aromatic carbocycles. The summed E-state index contributed by atoms with van der Waals surface area (Å²) in [5, 5.41) is 7.60. The number of aryl methyl sites for hydroxylation is 3. The van der Waals surface area contributed by atoms with Gasteiger partial charge in [0.25, 0.3) is 0 Å². The van der Waals surface area contributed by atoms with E-state index in [1.54, 1.807) is 0 Å². The minimum absolute atomic E-state index is 0.715. The quantitative estimate of drug-likeness (QED) is 0.805. The normalized spacial score (nSPS) is 10.7. The number of benzene rings is 1. The highest BCUT2D eigenvalue weighted by Gasteiger charge is 2.08. The van der Waals surface area contributed by atoms with Crippen LogP contribution in [-0.2, 0) is 0 Å². The Kier molecular flexibility index (Phi) is 3.63. The van der Waals surface area contributed by atoms with Gasteiger partial charge in [-0.3, -0.25) is 0 Å². The molecule has 5 heteroatoms. The smallest absolute Gasteiger partial charge is 0.161 e. The van der Waals surface area contributed by atoms with E-state index in [1.807, 2.05) is 49.8 Å². The first kappa shape index (κ1) is 14.3. The maximum atomic E-state index is 4.53. The molecule has 0 aliphatic heterocycles. The second-order valence-electron chi connectivity index (χ2n) is 5.36. The molecule has 5 nitrogen and oxygen atoms in total. The van der Waals surface area contributed by atoms with Gasteiger partial charge in [0, 0.05) is 30.1 Å². The molecule has 0 atom stereocenters. The molecule has 0 radical (unpaired) electrons. The van der Waals surface area contributed by atoms with Gasteiger partial charge in [0.1, 0.15) is 5.82 Å². The third-order valence-corrected chi connectivity index (χ3v) is 3.47. The van der Waals surface area contributed by atoms with Crippen molar-refractivity contribution in [2.24, 2.45) is 0 Å². The molecule has 2 aromatic heterocycles. The summed E-state index contributed by atoms with van der Waals surface area (Å²) in [6.07, 6.45) is 0. The highest BCUT2D eigenvalue weighted by molar-refractivity contribution is 5.61. The molecule has 3 rings (SSSR count). The first-order chi connectivity index (χ1) is 10.6. The van der Waals surface area contributed by atoms with E-state index < -0.39 is 0 Å². The van der Waals surface area contributed by atoms with Crippen molar-refractivity contribution in [2.45, 2.75) is 20.8 Å². The number of anilines is 1. The molecule has 112 valence electrons. The van der Waals surface area contributed by atoms with Crippen LogP contribution in [0.5, 0.6) is 0 Å². The lowest BCUT2D eigenvalue weighted by molar-refractivity contribution is 0.833. The molecule has 0 amide bonds. The van der Waals surface area contributed by atoms with Crippen LogP contribution in [0.4, 0.5) is 5.82 Å². The summed E-state index contributed by atoms with van der Waals surface area (Å²) in [5.74, 6) is 1.53. The zero-order valence-corrected chi connectivity index (χ0v) is 13.3. The summed E-state index contributed by atoms with van der Waals surface area (Å²) in [6, 6.07) is 12.1. The van der Waals surface area contributed by atoms with E-state index in [9.17, 15) is 0 Å². The molecule has 3 aromatic rings. The molecule has 22 heavy (non-hydrogen) atoms. The number of hydrogen-bond acceptors (Lipinski definition) is 4. The average Bonchev–Trinajstić information content (AvgIpc) is 2.85. The number of aromatic nitrogens is 4. The minimum atomic E-state index is 0.715. The molecule has 0 bridgehead atoms. The molecule has 2 heterocycles. The lowest BCUT2D eigenvalue weighted by atomic mass is 10.2. The highest BCUT2D eigenvalue weighted by Crippen LogP contribution is 2.21. The number of rotatable bonds is 3. The monoisotopic (exact) mass is 293 g/mol. The fourth-order valence-electron chi connectivity index (χ4n) is 2.49. The zero-order chi connectivity index (χ0) is 15.7. The Morgan fingerprint density at radius 1 is 0.955 bits per heavy atom. The van der Waals surface area contributed by atoms with Crippen molar-refractivity contribution in [1.82, 2.24) is 19.7 Å². The van der Waals surface area contributed by atoms with Crippen LogP contribution in [0, 0.1) is 20.8 Å². The van der Waals surface area contributed by atoms with Crippen molar-refractivity contribution in [3.8, 4) is 17.1 Å². The summed E-state index contributed by atoms with van der Waals surface area (Å²) >= 11 is 0. The molecular weight excluding hydrogens is 274 g/mol. The van der Waals surface area contributed by atoms with Crippen LogP contribution >= 0.6 is 0 Å². The van der Waals surface area contributed by atoms with Crippen LogP contribution in [0.2, 0.25) is 0 Å². The van der Waals surface area contributed by atoms with Gasteiger partial charge in [-0.05, 0) is 39.0 Å². The van der Waals surface area contributed by atoms with Gasteiger partial charge >= 0.3 is 0 Å². The number of nitrogens with one attached hydrogen (secondary N) is 1. The van der Waals surface area contributed by atoms with Crippen molar-refractivity contribution in [2.75, 3.05) is 12.4 Å². The van der Waals surface area contributed by atoms with E-state index >= 15 is 0 Å². The Bertz CT molecular complexity index is 820. The fraction of sp³-hybridized carbons (Fsp3) is 0.235. The van der Waals surface area contributed by atoms with E-state index in [0.717, 1.165) is 34.2 Å². The van der Waals surface area contributed by atoms with Gasteiger partial charge in [0.05, 0.1) is 11.4 Å². The van der Waals surface area contributed by atoms with Gasteiger partial charge in [-0.2, -0.15) is 5.10 Å². The predicted octanol–water partition coefficient (Wildman–Crippen LogP) is 3.30. The first-order valence-corrected chi connectivity index (χ1v) is 7.24. The van der Waals surface area contributed by atoms with Crippen LogP contribution < -0.4 is 5.32 Å². The maximum absolute atomic E-state index is 4.53. The molecule has 0 unspecified atom stereocenters. The highest BCUT2D eigenvalue weighted by atomic mass is 15.3. The molecule has 0 fully saturated rings. The summed E-state index contributed by atoms with van der Waals surface area (Å²) in [4.78, 5) is 9.07. The number of nitrogens with zero attached hydrogens (tertiary/aromatic N) is 4. The van der Waals surface area contributed by atoms with Crippen molar-refractivity contribution in [3.63, 3.8) is 0 Å². The van der Waals surface area contributed by atoms with Crippen LogP contribution in [0.1, 0.15) is 17.1 Å². The Labute approximate surface area is 130 Å². The topological polar surface area (TPSA) is 55.6 Å². The number of hydrogen-bond donors (Lipinski definition) is 1. The van der Waals surface area contributed by atoms with E-state index in [0.29, 0.717) is 5.82 Å². The van der Waals surface area contributed by atoms with Crippen LogP contribution in [0.25, 0.3) is 17.1 Å². The van der Waals surface area contributed by atoms with Crippen molar-refractivity contribution in [1.29, 1.82) is 0 Å². The molecule has 0 saturated carbocycles. The van der Waals surface area contributed by atoms with Crippen LogP contribution in [0.15, 0.2) is 36.4 Å². The summed E-state index contributed by atoms with van der Waals surface area (Å²) in [6.45, 7) is 6.02. The SMILES string of the molecule is CNc1cc(C)nc(-c2cccc(-n3nc(C)cc3C)c2)n1. The fourth-order valence-corrected chi connectivity index (χ4v) is 2.49. The average molecular weight is 293 g/mol. The Morgan fingerprint density at radius 3 is 2.45 bits per heavy atom. The summed E-state index contributed by atoms with van der Waals surface area (Å²) in [7, 11) is 1.86. The van der Waals surface area contributed by atoms with E-state index in [-0.39, 0.29) is 0 Å². The van der Waals surface area contributed by atoms with Crippen molar-refractivity contribution >= 4 is 5.82 Å². The second-order valence-corrected chi connectivity index (χ2v) is 5.36. The van der Waals surface area contributed by atoms with Crippen LogP contribution in [0.3, 0.4) is 0 Å². The Morgan fingerprint density at radius 2 is 1.77 bits per heavy atom. The third-order valence-electron chi connectivity index (χ3n) is 3.47. The van der Waals surface area contributed by atoms with E-state index in [1.165, 1.54) is 0 Å². The van der Waals surface area contributed by atoms with E-state index in [4.69, 9.17) is 0 Å². The van der Waals surface area contributed by atoms with E-state index in [2.05, 4.69) is 39.4 Å². The van der Waals surface area contributed by atoms with Gasteiger partial charge in [0.2, 0.25) is 0 Å². The molecule has 0 spiro atoms. The van der Waals surface area contributed by atoms with Gasteiger partial charge in [-0.15, -0.1) is 0 Å². The molecule has 1 N–H and O–H groups in total. The molecule has 0 aliphatic rings. The largest absolute Gasteiger partial charge is 0.373 e. The Balaban J connectivity index is 2.08. The third kappa shape index (κ3) is 2.70. The van der Waals surface area contributed by atoms with Gasteiger partial charge in [-0.1, -0.05) is 12.1 Å². The molecule has 0 aliphatic carbocycles. The second kappa shape index (κ2) is 5.60. The minimum Gasteiger partial charge on any atom is -0.373 e. The van der Waals surface area contributed by atoms with Crippen LogP contribution in [-0.4, -0.2) is 26.8 Å². The van der Waals surface area contributed by atoms with Gasteiger partial charge < -0.3 is 5.32 Å². The lowest BCUT2D eigenvalue weighted by Crippen LogP contribution is -2.01. The standard InChI is InChI=1S/C17H19N5/c1-11-9-16(18-4)20-17(19-11)14-6-5-7-15(10-14)22-13(3)8-12(2)21-22/h5-10H,1-4H3,(H,18,19,20). The lowest BCUT2D eigenvalue weighted by Gasteiger charge is -2.08. The maximum Gasteiger partial charge on any atom is 0.161 e. The predicted molar refractivity (Wildman–Crippen MR) is 88.3 cm³/mol. The van der Waals surface area contributed by atoms with Crippen molar-refractivity contribution < 1.29 is 0 Å². The molecular formula is C17H19N5. The first-order valence-electron chi connectivity index (χ1n) is 7.24. The summed E-state index contributed by atoms with van der Waals surface area (Å²) < 4.78 is 1.94. The van der Waals surface area contributed by atoms with Gasteiger partial charge in [-0.25, -0.2) is 14.6 Å². The Hall–Kier alpha value is -2.69. The van der Waals surface area contributed by atoms with Crippen molar-refractivity contribution in [3.05, 3.63) is 53.5 Å². The zero-order valence-electron chi connectivity index (χ0n) is 13.3. The van der Waals surface area contributed by atoms with Gasteiger partial charge in [0.15, 0.2) is 5.82 Å².